The lowest BCUT2D eigenvalue weighted by atomic mass is 9.66. The van der Waals surface area contributed by atoms with Crippen LogP contribution in [0.3, 0.4) is 0 Å². The molecule has 4 aliphatic rings. The molecule has 4 unspecified atom stereocenters. The number of carbonyl (C=O) groups excluding carboxylic acids is 2. The van der Waals surface area contributed by atoms with E-state index >= 15 is 0 Å². The third-order valence-corrected chi connectivity index (χ3v) is 10.9. The number of nitrogens with one attached hydrogen (secondary N) is 2. The molecule has 42 heavy (non-hydrogen) atoms. The van der Waals surface area contributed by atoms with Crippen molar-refractivity contribution in [2.24, 2.45) is 28.6 Å². The van der Waals surface area contributed by atoms with Crippen molar-refractivity contribution in [3.05, 3.63) is 23.3 Å². The zero-order valence-electron chi connectivity index (χ0n) is 25.2. The average molecular weight is 580 g/mol. The van der Waals surface area contributed by atoms with E-state index in [4.69, 9.17) is 9.47 Å². The summed E-state index contributed by atoms with van der Waals surface area (Å²) in [5.41, 5.74) is -0.0292. The molecule has 4 fully saturated rings. The molecule has 0 aromatic heterocycles. The van der Waals surface area contributed by atoms with Crippen molar-refractivity contribution >= 4 is 17.8 Å². The lowest BCUT2D eigenvalue weighted by Crippen LogP contribution is -2.52. The molecule has 0 heterocycles. The lowest BCUT2D eigenvalue weighted by Gasteiger charge is -2.42. The van der Waals surface area contributed by atoms with Crippen LogP contribution in [0.2, 0.25) is 0 Å². The molecule has 228 valence electrons. The molecule has 5 rings (SSSR count). The normalized spacial score (nSPS) is 31.0. The summed E-state index contributed by atoms with van der Waals surface area (Å²) in [7, 11) is 1.46. The molecule has 0 radical (unpaired) electrons. The number of hydrogen-bond acceptors (Lipinski definition) is 6. The molecule has 2 amide bonds. The van der Waals surface area contributed by atoms with Gasteiger partial charge in [-0.15, -0.1) is 0 Å². The fourth-order valence-corrected chi connectivity index (χ4v) is 8.05. The van der Waals surface area contributed by atoms with Crippen LogP contribution in [0.25, 0.3) is 0 Å². The number of carboxylic acid groups (broad SMARTS) is 1. The number of hydrogen-bond donors (Lipinski definition) is 3. The number of amides is 2. The quantitative estimate of drug-likeness (QED) is 0.327. The molecule has 9 nitrogen and oxygen atoms in total. The van der Waals surface area contributed by atoms with Gasteiger partial charge in [0.15, 0.2) is 0 Å². The highest BCUT2D eigenvalue weighted by Crippen LogP contribution is 2.49. The number of carboxylic acids is 1. The predicted molar refractivity (Wildman–Crippen MR) is 156 cm³/mol. The van der Waals surface area contributed by atoms with Gasteiger partial charge in [-0.3, -0.25) is 14.4 Å². The first-order chi connectivity index (χ1) is 20.1. The Morgan fingerprint density at radius 3 is 2.38 bits per heavy atom. The molecule has 4 atom stereocenters. The first-order valence-electron chi connectivity index (χ1n) is 15.7. The van der Waals surface area contributed by atoms with Gasteiger partial charge in [-0.25, -0.2) is 0 Å². The maximum Gasteiger partial charge on any atom is 0.309 e. The van der Waals surface area contributed by atoms with E-state index in [1.807, 2.05) is 0 Å². The molecule has 4 aliphatic carbocycles. The average Bonchev–Trinajstić information content (AvgIpc) is 3.57. The molecule has 0 saturated heterocycles. The zero-order valence-corrected chi connectivity index (χ0v) is 25.2. The fourth-order valence-electron chi connectivity index (χ4n) is 8.05. The Morgan fingerprint density at radius 2 is 1.79 bits per heavy atom. The Balaban J connectivity index is 1.30. The van der Waals surface area contributed by atoms with Gasteiger partial charge < -0.3 is 25.2 Å². The summed E-state index contributed by atoms with van der Waals surface area (Å²) < 4.78 is 11.7. The second kappa shape index (κ2) is 12.1. The van der Waals surface area contributed by atoms with E-state index in [9.17, 15) is 24.8 Å². The van der Waals surface area contributed by atoms with Gasteiger partial charge in [0.1, 0.15) is 17.6 Å². The maximum atomic E-state index is 13.8. The van der Waals surface area contributed by atoms with Crippen LogP contribution < -0.4 is 20.1 Å². The monoisotopic (exact) mass is 579 g/mol. The summed E-state index contributed by atoms with van der Waals surface area (Å²) in [6, 6.07) is 4.96. The Kier molecular flexibility index (Phi) is 8.73. The van der Waals surface area contributed by atoms with Gasteiger partial charge in [0.2, 0.25) is 5.91 Å². The van der Waals surface area contributed by atoms with Crippen LogP contribution in [0.1, 0.15) is 107 Å². The van der Waals surface area contributed by atoms with Crippen LogP contribution in [-0.2, 0) is 9.59 Å². The van der Waals surface area contributed by atoms with Gasteiger partial charge >= 0.3 is 5.97 Å². The summed E-state index contributed by atoms with van der Waals surface area (Å²) in [4.78, 5) is 38.9. The summed E-state index contributed by atoms with van der Waals surface area (Å²) >= 11 is 0. The Labute approximate surface area is 248 Å². The minimum absolute atomic E-state index is 0.0522. The van der Waals surface area contributed by atoms with Crippen molar-refractivity contribution in [2.75, 3.05) is 13.7 Å². The van der Waals surface area contributed by atoms with Crippen molar-refractivity contribution in [3.63, 3.8) is 0 Å². The van der Waals surface area contributed by atoms with Crippen LogP contribution in [0.5, 0.6) is 11.5 Å². The number of nitriles is 1. The highest BCUT2D eigenvalue weighted by atomic mass is 16.5. The van der Waals surface area contributed by atoms with Crippen LogP contribution in [0.4, 0.5) is 0 Å². The summed E-state index contributed by atoms with van der Waals surface area (Å²) in [6.45, 7) is 4.66. The molecule has 1 aromatic rings. The van der Waals surface area contributed by atoms with Crippen molar-refractivity contribution in [3.8, 4) is 17.6 Å². The first kappa shape index (κ1) is 30.2. The molecule has 4 saturated carbocycles. The largest absolute Gasteiger partial charge is 0.496 e. The Bertz CT molecular complexity index is 1240. The number of benzene rings is 1. The SMILES string of the molecule is CCCC1(CNC(=O)C2C3CCC(C3)C2NC(=O)c2cc(OC3CCC(C)(C(=O)O)CC3)c(C#N)cc2OC)CCC1. The van der Waals surface area contributed by atoms with Crippen LogP contribution >= 0.6 is 0 Å². The van der Waals surface area contributed by atoms with Crippen LogP contribution in [0.15, 0.2) is 12.1 Å². The zero-order chi connectivity index (χ0) is 30.1. The van der Waals surface area contributed by atoms with E-state index < -0.39 is 11.4 Å². The number of fused-ring (bicyclic) bond motifs is 2. The molecule has 1 aromatic carbocycles. The minimum atomic E-state index is -0.807. The van der Waals surface area contributed by atoms with Crippen molar-refractivity contribution in [1.29, 1.82) is 5.26 Å². The van der Waals surface area contributed by atoms with E-state index in [0.29, 0.717) is 32.2 Å². The number of ether oxygens (including phenoxy) is 2. The third-order valence-electron chi connectivity index (χ3n) is 10.9. The Hall–Kier alpha value is -3.28. The molecular weight excluding hydrogens is 534 g/mol. The van der Waals surface area contributed by atoms with Crippen molar-refractivity contribution < 1.29 is 29.0 Å². The Morgan fingerprint density at radius 1 is 1.07 bits per heavy atom. The summed E-state index contributed by atoms with van der Waals surface area (Å²) in [5.74, 6) is -0.264. The number of methoxy groups -OCH3 is 1. The molecular formula is C33H45N3O6. The number of rotatable bonds is 11. The van der Waals surface area contributed by atoms with Gasteiger partial charge in [0.05, 0.1) is 35.7 Å². The van der Waals surface area contributed by atoms with Gasteiger partial charge in [-0.05, 0) is 94.4 Å². The molecule has 3 N–H and O–H groups in total. The molecule has 0 aliphatic heterocycles. The third kappa shape index (κ3) is 5.82. The van der Waals surface area contributed by atoms with E-state index in [1.165, 1.54) is 32.4 Å². The first-order valence-corrected chi connectivity index (χ1v) is 15.7. The van der Waals surface area contributed by atoms with Gasteiger partial charge in [0, 0.05) is 18.7 Å². The summed E-state index contributed by atoms with van der Waals surface area (Å²) in [6.07, 6.45) is 10.5. The number of aliphatic carboxylic acids is 1. The van der Waals surface area contributed by atoms with E-state index in [1.54, 1.807) is 13.0 Å². The predicted octanol–water partition coefficient (Wildman–Crippen LogP) is 5.21. The second-order valence-corrected chi connectivity index (χ2v) is 13.5. The molecule has 2 bridgehead atoms. The topological polar surface area (TPSA) is 138 Å². The highest BCUT2D eigenvalue weighted by Gasteiger charge is 2.52. The van der Waals surface area contributed by atoms with Crippen LogP contribution in [0, 0.1) is 39.9 Å². The summed E-state index contributed by atoms with van der Waals surface area (Å²) in [5, 5.41) is 25.8. The van der Waals surface area contributed by atoms with Crippen molar-refractivity contribution in [2.45, 2.75) is 103 Å². The van der Waals surface area contributed by atoms with Crippen LogP contribution in [-0.4, -0.2) is 48.7 Å². The smallest absolute Gasteiger partial charge is 0.309 e. The number of carbonyl (C=O) groups is 3. The fraction of sp³-hybridized carbons (Fsp3) is 0.697. The molecule has 0 spiro atoms. The van der Waals surface area contributed by atoms with E-state index in [0.717, 1.165) is 32.1 Å². The maximum absolute atomic E-state index is 13.8. The number of nitrogens with zero attached hydrogens (tertiary/aromatic N) is 1. The molecule has 9 heteroatoms. The minimum Gasteiger partial charge on any atom is -0.496 e. The van der Waals surface area contributed by atoms with Gasteiger partial charge in [-0.1, -0.05) is 19.8 Å². The standard InChI is InChI=1S/C33H45N3O6/c1-4-10-33(11-5-12-33)19-35-30(38)27-20-6-7-21(15-20)28(27)36-29(37)24-17-25(22(18-34)16-26(24)41-3)42-23-8-13-32(2,14-9-23)31(39)40/h16-17,20-21,23,27-28H,4-15,19H2,1-3H3,(H,35,38)(H,36,37)(H,39,40). The van der Waals surface area contributed by atoms with Crippen molar-refractivity contribution in [1.82, 2.24) is 10.6 Å². The lowest BCUT2D eigenvalue weighted by molar-refractivity contribution is -0.150. The highest BCUT2D eigenvalue weighted by molar-refractivity contribution is 5.98. The van der Waals surface area contributed by atoms with Gasteiger partial charge in [-0.2, -0.15) is 5.26 Å². The van der Waals surface area contributed by atoms with Gasteiger partial charge in [0.25, 0.3) is 5.91 Å². The second-order valence-electron chi connectivity index (χ2n) is 13.5. The van der Waals surface area contributed by atoms with E-state index in [-0.39, 0.29) is 69.8 Å². The van der Waals surface area contributed by atoms with E-state index in [2.05, 4.69) is 23.6 Å².